The highest BCUT2D eigenvalue weighted by Crippen LogP contribution is 2.24. The van der Waals surface area contributed by atoms with Gasteiger partial charge in [-0.3, -0.25) is 25.0 Å². The Morgan fingerprint density at radius 1 is 0.967 bits per heavy atom. The van der Waals surface area contributed by atoms with Crippen molar-refractivity contribution in [2.75, 3.05) is 10.6 Å². The van der Waals surface area contributed by atoms with E-state index in [1.165, 1.54) is 12.1 Å². The largest absolute Gasteiger partial charge is 0.355 e. The lowest BCUT2D eigenvalue weighted by Crippen LogP contribution is -2.12. The minimum Gasteiger partial charge on any atom is -0.355 e. The summed E-state index contributed by atoms with van der Waals surface area (Å²) in [6.07, 6.45) is 3.38. The summed E-state index contributed by atoms with van der Waals surface area (Å²) in [5, 5.41) is 23.7. The molecule has 2 heterocycles. The van der Waals surface area contributed by atoms with Crippen LogP contribution in [0.3, 0.4) is 0 Å². The number of non-ortho nitro benzene ring substituents is 1. The van der Waals surface area contributed by atoms with Gasteiger partial charge in [-0.2, -0.15) is 5.10 Å². The number of carbonyl (C=O) groups is 1. The van der Waals surface area contributed by atoms with Gasteiger partial charge in [0, 0.05) is 53.1 Å². The van der Waals surface area contributed by atoms with Gasteiger partial charge in [-0.05, 0) is 36.4 Å². The first-order valence-electron chi connectivity index (χ1n) is 8.97. The van der Waals surface area contributed by atoms with Gasteiger partial charge in [-0.15, -0.1) is 0 Å². The first-order chi connectivity index (χ1) is 14.6. The number of hydrogen-bond donors (Lipinski definition) is 3. The summed E-state index contributed by atoms with van der Waals surface area (Å²) in [4.78, 5) is 26.9. The first-order valence-corrected chi connectivity index (χ1v) is 8.97. The number of carbonyl (C=O) groups excluding carboxylic acids is 1. The maximum atomic E-state index is 12.5. The van der Waals surface area contributed by atoms with E-state index in [0.717, 1.165) is 11.4 Å². The molecule has 0 aliphatic rings. The molecule has 0 fully saturated rings. The number of aromatic amines is 1. The molecule has 2 aromatic heterocycles. The van der Waals surface area contributed by atoms with E-state index in [2.05, 4.69) is 25.8 Å². The molecule has 30 heavy (non-hydrogen) atoms. The zero-order valence-corrected chi connectivity index (χ0v) is 15.6. The molecular weight excluding hydrogens is 384 g/mol. The van der Waals surface area contributed by atoms with E-state index >= 15 is 0 Å². The Morgan fingerprint density at radius 3 is 2.43 bits per heavy atom. The lowest BCUT2D eigenvalue weighted by molar-refractivity contribution is -0.384. The molecule has 0 spiro atoms. The Hall–Kier alpha value is -4.53. The number of amides is 1. The summed E-state index contributed by atoms with van der Waals surface area (Å²) in [5.41, 5.74) is 3.34. The first kappa shape index (κ1) is 18.8. The number of nitro benzene ring substituents is 1. The molecule has 4 rings (SSSR count). The molecule has 0 aliphatic heterocycles. The van der Waals surface area contributed by atoms with Crippen LogP contribution in [0, 0.1) is 10.1 Å². The fourth-order valence-corrected chi connectivity index (χ4v) is 2.82. The molecule has 9 nitrogen and oxygen atoms in total. The molecule has 148 valence electrons. The highest BCUT2D eigenvalue weighted by Gasteiger charge is 2.12. The van der Waals surface area contributed by atoms with Gasteiger partial charge in [0.15, 0.2) is 5.82 Å². The quantitative estimate of drug-likeness (QED) is 0.326. The average Bonchev–Trinajstić information content (AvgIpc) is 3.23. The van der Waals surface area contributed by atoms with Gasteiger partial charge < -0.3 is 10.6 Å². The van der Waals surface area contributed by atoms with Gasteiger partial charge in [-0.1, -0.05) is 12.1 Å². The van der Waals surface area contributed by atoms with Crippen molar-refractivity contribution >= 4 is 28.8 Å². The normalized spacial score (nSPS) is 10.4. The highest BCUT2D eigenvalue weighted by atomic mass is 16.6. The maximum Gasteiger partial charge on any atom is 0.270 e. The third kappa shape index (κ3) is 4.30. The summed E-state index contributed by atoms with van der Waals surface area (Å²) in [6.45, 7) is 0. The topological polar surface area (TPSA) is 126 Å². The Morgan fingerprint density at radius 2 is 1.70 bits per heavy atom. The van der Waals surface area contributed by atoms with Crippen molar-refractivity contribution in [2.45, 2.75) is 0 Å². The summed E-state index contributed by atoms with van der Waals surface area (Å²) < 4.78 is 0. The molecule has 0 aliphatic carbocycles. The van der Waals surface area contributed by atoms with E-state index in [4.69, 9.17) is 0 Å². The fraction of sp³-hybridized carbons (Fsp3) is 0. The van der Waals surface area contributed by atoms with Crippen molar-refractivity contribution in [3.05, 3.63) is 94.8 Å². The van der Waals surface area contributed by atoms with E-state index in [1.807, 2.05) is 12.1 Å². The smallest absolute Gasteiger partial charge is 0.270 e. The average molecular weight is 400 g/mol. The van der Waals surface area contributed by atoms with Gasteiger partial charge in [-0.25, -0.2) is 0 Å². The molecular formula is C21H16N6O3. The van der Waals surface area contributed by atoms with Crippen LogP contribution in [0.15, 0.2) is 79.1 Å². The van der Waals surface area contributed by atoms with Crippen molar-refractivity contribution in [1.29, 1.82) is 0 Å². The predicted molar refractivity (Wildman–Crippen MR) is 113 cm³/mol. The van der Waals surface area contributed by atoms with Gasteiger partial charge in [0.2, 0.25) is 0 Å². The van der Waals surface area contributed by atoms with Gasteiger partial charge in [0.1, 0.15) is 0 Å². The summed E-state index contributed by atoms with van der Waals surface area (Å²) in [6, 6.07) is 18.5. The molecule has 0 atom stereocenters. The fourth-order valence-electron chi connectivity index (χ4n) is 2.82. The third-order valence-corrected chi connectivity index (χ3v) is 4.30. The number of aromatic nitrogens is 3. The van der Waals surface area contributed by atoms with Crippen LogP contribution in [-0.4, -0.2) is 26.0 Å². The number of anilines is 3. The van der Waals surface area contributed by atoms with Crippen molar-refractivity contribution in [3.8, 4) is 11.3 Å². The molecule has 4 aromatic rings. The van der Waals surface area contributed by atoms with Crippen LogP contribution >= 0.6 is 0 Å². The number of hydrogen-bond acceptors (Lipinski definition) is 6. The number of H-pyrrole nitrogens is 1. The Bertz CT molecular complexity index is 1190. The molecule has 9 heteroatoms. The maximum absolute atomic E-state index is 12.5. The number of nitro groups is 1. The number of benzene rings is 2. The lowest BCUT2D eigenvalue weighted by Gasteiger charge is -2.07. The molecule has 2 aromatic carbocycles. The zero-order valence-electron chi connectivity index (χ0n) is 15.6. The van der Waals surface area contributed by atoms with Gasteiger partial charge in [0.05, 0.1) is 10.6 Å². The summed E-state index contributed by atoms with van der Waals surface area (Å²) in [5.74, 6) is 0.00282. The number of nitrogens with one attached hydrogen (secondary N) is 3. The minimum absolute atomic E-state index is 0.0202. The van der Waals surface area contributed by atoms with Crippen molar-refractivity contribution < 1.29 is 9.72 Å². The molecule has 0 radical (unpaired) electrons. The van der Waals surface area contributed by atoms with E-state index in [0.29, 0.717) is 22.6 Å². The van der Waals surface area contributed by atoms with Crippen LogP contribution in [0.25, 0.3) is 11.3 Å². The monoisotopic (exact) mass is 400 g/mol. The minimum atomic E-state index is -0.463. The predicted octanol–water partition coefficient (Wildman–Crippen LogP) is 4.38. The number of pyridine rings is 1. The van der Waals surface area contributed by atoms with Crippen LogP contribution in [0.4, 0.5) is 22.9 Å². The highest BCUT2D eigenvalue weighted by molar-refractivity contribution is 6.04. The summed E-state index contributed by atoms with van der Waals surface area (Å²) in [7, 11) is 0. The molecule has 0 bridgehead atoms. The van der Waals surface area contributed by atoms with Gasteiger partial charge in [0.25, 0.3) is 11.6 Å². The molecule has 1 amide bonds. The SMILES string of the molecule is O=C(Nc1cc(-c2cccc([N+](=O)[O-])c2)[nH]n1)c1ccc(Nc2ccncc2)cc1. The molecule has 0 saturated carbocycles. The zero-order chi connectivity index (χ0) is 20.9. The van der Waals surface area contributed by atoms with Crippen molar-refractivity contribution in [2.24, 2.45) is 0 Å². The van der Waals surface area contributed by atoms with E-state index in [1.54, 1.807) is 54.9 Å². The standard InChI is InChI=1S/C21H16N6O3/c28-21(14-4-6-16(7-5-14)23-17-8-10-22-11-9-17)24-20-13-19(25-26-20)15-2-1-3-18(12-15)27(29)30/h1-13H,(H,22,23)(H2,24,25,26,28). The van der Waals surface area contributed by atoms with E-state index < -0.39 is 4.92 Å². The Balaban J connectivity index is 1.43. The van der Waals surface area contributed by atoms with Crippen LogP contribution in [0.5, 0.6) is 0 Å². The number of rotatable bonds is 6. The van der Waals surface area contributed by atoms with Crippen molar-refractivity contribution in [3.63, 3.8) is 0 Å². The van der Waals surface area contributed by atoms with Gasteiger partial charge >= 0.3 is 0 Å². The number of nitrogens with zero attached hydrogens (tertiary/aromatic N) is 3. The van der Waals surface area contributed by atoms with Crippen LogP contribution in [0.1, 0.15) is 10.4 Å². The Labute approximate surface area is 170 Å². The second kappa shape index (κ2) is 8.23. The molecule has 3 N–H and O–H groups in total. The van der Waals surface area contributed by atoms with Crippen LogP contribution < -0.4 is 10.6 Å². The van der Waals surface area contributed by atoms with E-state index in [-0.39, 0.29) is 11.6 Å². The third-order valence-electron chi connectivity index (χ3n) is 4.30. The van der Waals surface area contributed by atoms with E-state index in [9.17, 15) is 14.9 Å². The second-order valence-electron chi connectivity index (χ2n) is 6.37. The molecule has 0 saturated heterocycles. The van der Waals surface area contributed by atoms with Crippen LogP contribution in [0.2, 0.25) is 0 Å². The Kier molecular flexibility index (Phi) is 5.16. The van der Waals surface area contributed by atoms with Crippen LogP contribution in [-0.2, 0) is 0 Å². The lowest BCUT2D eigenvalue weighted by atomic mass is 10.1. The van der Waals surface area contributed by atoms with Crippen molar-refractivity contribution in [1.82, 2.24) is 15.2 Å². The second-order valence-corrected chi connectivity index (χ2v) is 6.37. The molecule has 0 unspecified atom stereocenters. The summed E-state index contributed by atoms with van der Waals surface area (Å²) >= 11 is 0.